The second-order valence-electron chi connectivity index (χ2n) is 5.54. The fourth-order valence-corrected chi connectivity index (χ4v) is 2.79. The lowest BCUT2D eigenvalue weighted by Gasteiger charge is -2.15. The summed E-state index contributed by atoms with van der Waals surface area (Å²) in [5.74, 6) is -3.19. The van der Waals surface area contributed by atoms with Gasteiger partial charge < -0.3 is 19.9 Å². The highest BCUT2D eigenvalue weighted by atomic mass is 32.1. The standard InChI is InChI=1S/C18H14F3NO6S/c1-9(16(24)25)7-14(23)22-11-8-10(18(19,20)21)3-4-12(11)28-13-5-6-29-15(13)17(26)27-2/h3-8H,1-2H3,(H,22,23)(H,24,25). The summed E-state index contributed by atoms with van der Waals surface area (Å²) in [6.07, 6.45) is -3.97. The molecule has 0 unspecified atom stereocenters. The minimum Gasteiger partial charge on any atom is -0.478 e. The van der Waals surface area contributed by atoms with Crippen LogP contribution in [-0.2, 0) is 20.5 Å². The summed E-state index contributed by atoms with van der Waals surface area (Å²) < 4.78 is 49.3. The number of rotatable bonds is 6. The maximum atomic E-state index is 13.0. The predicted molar refractivity (Wildman–Crippen MR) is 97.2 cm³/mol. The van der Waals surface area contributed by atoms with Crippen LogP contribution in [0.1, 0.15) is 22.2 Å². The molecule has 154 valence electrons. The number of ether oxygens (including phenoxy) is 2. The number of hydrogen-bond acceptors (Lipinski definition) is 6. The Morgan fingerprint density at radius 1 is 1.17 bits per heavy atom. The first-order valence-corrected chi connectivity index (χ1v) is 8.68. The van der Waals surface area contributed by atoms with Gasteiger partial charge in [0.25, 0.3) is 0 Å². The molecule has 0 saturated heterocycles. The Hall–Kier alpha value is -3.34. The minimum absolute atomic E-state index is 0.0226. The number of carbonyl (C=O) groups excluding carboxylic acids is 2. The topological polar surface area (TPSA) is 102 Å². The predicted octanol–water partition coefficient (Wildman–Crippen LogP) is 4.32. The van der Waals surface area contributed by atoms with Crippen LogP contribution in [0.5, 0.6) is 11.5 Å². The van der Waals surface area contributed by atoms with Crippen molar-refractivity contribution in [3.05, 3.63) is 51.7 Å². The number of esters is 1. The van der Waals surface area contributed by atoms with E-state index in [0.29, 0.717) is 6.07 Å². The largest absolute Gasteiger partial charge is 0.478 e. The third-order valence-corrected chi connectivity index (χ3v) is 4.35. The van der Waals surface area contributed by atoms with Gasteiger partial charge in [0, 0.05) is 11.6 Å². The Kier molecular flexibility index (Phi) is 6.64. The van der Waals surface area contributed by atoms with Crippen LogP contribution < -0.4 is 10.1 Å². The molecule has 0 atom stereocenters. The highest BCUT2D eigenvalue weighted by Gasteiger charge is 2.31. The van der Waals surface area contributed by atoms with Crippen molar-refractivity contribution in [3.8, 4) is 11.5 Å². The van der Waals surface area contributed by atoms with Gasteiger partial charge in [-0.2, -0.15) is 13.2 Å². The van der Waals surface area contributed by atoms with Crippen LogP contribution in [0.15, 0.2) is 41.3 Å². The van der Waals surface area contributed by atoms with Crippen LogP contribution in [-0.4, -0.2) is 30.1 Å². The minimum atomic E-state index is -4.69. The van der Waals surface area contributed by atoms with Crippen LogP contribution >= 0.6 is 11.3 Å². The first-order chi connectivity index (χ1) is 13.5. The number of aliphatic carboxylic acids is 1. The van der Waals surface area contributed by atoms with Crippen LogP contribution in [0.4, 0.5) is 18.9 Å². The number of thiophene rings is 1. The summed E-state index contributed by atoms with van der Waals surface area (Å²) in [5.41, 5.74) is -1.73. The zero-order chi connectivity index (χ0) is 21.8. The van der Waals surface area contributed by atoms with Gasteiger partial charge in [-0.3, -0.25) is 4.79 Å². The molecule has 1 amide bonds. The number of alkyl halides is 3. The molecule has 0 fully saturated rings. The van der Waals surface area contributed by atoms with Crippen molar-refractivity contribution in [2.75, 3.05) is 12.4 Å². The number of hydrogen-bond donors (Lipinski definition) is 2. The lowest BCUT2D eigenvalue weighted by atomic mass is 10.1. The first kappa shape index (κ1) is 22.0. The first-order valence-electron chi connectivity index (χ1n) is 7.80. The SMILES string of the molecule is COC(=O)c1sccc1Oc1ccc(C(F)(F)F)cc1NC(=O)C=C(C)C(=O)O. The van der Waals surface area contributed by atoms with Crippen molar-refractivity contribution in [1.82, 2.24) is 0 Å². The van der Waals surface area contributed by atoms with Crippen LogP contribution in [0.3, 0.4) is 0 Å². The number of amides is 1. The third-order valence-electron chi connectivity index (χ3n) is 3.47. The molecule has 29 heavy (non-hydrogen) atoms. The maximum Gasteiger partial charge on any atom is 0.416 e. The monoisotopic (exact) mass is 429 g/mol. The Morgan fingerprint density at radius 3 is 2.45 bits per heavy atom. The maximum absolute atomic E-state index is 13.0. The number of carboxylic acids is 1. The molecular weight excluding hydrogens is 415 g/mol. The van der Waals surface area contributed by atoms with E-state index in [1.807, 2.05) is 0 Å². The van der Waals surface area contributed by atoms with Gasteiger partial charge in [0.1, 0.15) is 0 Å². The highest BCUT2D eigenvalue weighted by molar-refractivity contribution is 7.12. The third kappa shape index (κ3) is 5.57. The smallest absolute Gasteiger partial charge is 0.416 e. The number of anilines is 1. The van der Waals surface area contributed by atoms with Gasteiger partial charge in [-0.25, -0.2) is 9.59 Å². The molecular formula is C18H14F3NO6S. The van der Waals surface area contributed by atoms with Crippen LogP contribution in [0.25, 0.3) is 0 Å². The van der Waals surface area contributed by atoms with Gasteiger partial charge >= 0.3 is 18.1 Å². The fraction of sp³-hybridized carbons (Fsp3) is 0.167. The highest BCUT2D eigenvalue weighted by Crippen LogP contribution is 2.38. The van der Waals surface area contributed by atoms with E-state index in [2.05, 4.69) is 10.1 Å². The summed E-state index contributed by atoms with van der Waals surface area (Å²) in [6.45, 7) is 1.15. The van der Waals surface area contributed by atoms with Gasteiger partial charge in [0.2, 0.25) is 5.91 Å². The number of carboxylic acid groups (broad SMARTS) is 1. The average molecular weight is 429 g/mol. The van der Waals surface area contributed by atoms with E-state index in [-0.39, 0.29) is 27.6 Å². The zero-order valence-electron chi connectivity index (χ0n) is 15.0. The van der Waals surface area contributed by atoms with Crippen molar-refractivity contribution in [2.24, 2.45) is 0 Å². The van der Waals surface area contributed by atoms with Gasteiger partial charge in [0.05, 0.1) is 18.4 Å². The number of carbonyl (C=O) groups is 3. The van der Waals surface area contributed by atoms with E-state index in [4.69, 9.17) is 9.84 Å². The molecule has 0 bridgehead atoms. The summed E-state index contributed by atoms with van der Waals surface area (Å²) in [5, 5.41) is 12.5. The summed E-state index contributed by atoms with van der Waals surface area (Å²) in [4.78, 5) is 34.6. The molecule has 1 aromatic carbocycles. The molecule has 0 aliphatic heterocycles. The number of nitrogens with one attached hydrogen (secondary N) is 1. The van der Waals surface area contributed by atoms with Crippen molar-refractivity contribution in [2.45, 2.75) is 13.1 Å². The Labute approximate surface area is 166 Å². The average Bonchev–Trinajstić information content (AvgIpc) is 3.09. The van der Waals surface area contributed by atoms with Crippen molar-refractivity contribution >= 4 is 34.9 Å². The molecule has 2 N–H and O–H groups in total. The van der Waals surface area contributed by atoms with E-state index in [0.717, 1.165) is 43.6 Å². The Bertz CT molecular complexity index is 980. The fourth-order valence-electron chi connectivity index (χ4n) is 2.06. The quantitative estimate of drug-likeness (QED) is 0.524. The van der Waals surface area contributed by atoms with Gasteiger partial charge in [0.15, 0.2) is 16.4 Å². The molecule has 0 aliphatic rings. The second-order valence-corrected chi connectivity index (χ2v) is 6.45. The molecule has 7 nitrogen and oxygen atoms in total. The molecule has 11 heteroatoms. The number of benzene rings is 1. The van der Waals surface area contributed by atoms with Gasteiger partial charge in [-0.15, -0.1) is 11.3 Å². The van der Waals surface area contributed by atoms with E-state index >= 15 is 0 Å². The van der Waals surface area contributed by atoms with Gasteiger partial charge in [-0.1, -0.05) is 0 Å². The lowest BCUT2D eigenvalue weighted by molar-refractivity contribution is -0.137. The van der Waals surface area contributed by atoms with Crippen molar-refractivity contribution in [3.63, 3.8) is 0 Å². The van der Waals surface area contributed by atoms with Crippen LogP contribution in [0, 0.1) is 0 Å². The lowest BCUT2D eigenvalue weighted by Crippen LogP contribution is -2.13. The van der Waals surface area contributed by atoms with E-state index < -0.39 is 29.6 Å². The molecule has 2 aromatic rings. The molecule has 0 aliphatic carbocycles. The van der Waals surface area contributed by atoms with Crippen LogP contribution in [0.2, 0.25) is 0 Å². The molecule has 2 rings (SSSR count). The zero-order valence-corrected chi connectivity index (χ0v) is 15.8. The van der Waals surface area contributed by atoms with Crippen molar-refractivity contribution in [1.29, 1.82) is 0 Å². The Morgan fingerprint density at radius 2 is 1.86 bits per heavy atom. The van der Waals surface area contributed by atoms with E-state index in [1.54, 1.807) is 0 Å². The molecule has 1 heterocycles. The number of methoxy groups -OCH3 is 1. The normalized spacial score (nSPS) is 11.7. The second kappa shape index (κ2) is 8.78. The molecule has 1 aromatic heterocycles. The van der Waals surface area contributed by atoms with Gasteiger partial charge in [-0.05, 0) is 36.6 Å². The van der Waals surface area contributed by atoms with E-state index in [9.17, 15) is 27.6 Å². The molecule has 0 spiro atoms. The summed E-state index contributed by atoms with van der Waals surface area (Å²) in [6, 6.07) is 3.77. The van der Waals surface area contributed by atoms with Crippen molar-refractivity contribution < 1.29 is 42.1 Å². The molecule has 0 radical (unpaired) electrons. The number of halogens is 3. The summed E-state index contributed by atoms with van der Waals surface area (Å²) in [7, 11) is 1.16. The Balaban J connectivity index is 2.43. The summed E-state index contributed by atoms with van der Waals surface area (Å²) >= 11 is 0.999. The molecule has 0 saturated carbocycles. The van der Waals surface area contributed by atoms with E-state index in [1.165, 1.54) is 11.4 Å².